The average molecular weight is 1200 g/mol. The van der Waals surface area contributed by atoms with E-state index in [0.29, 0.717) is 6.42 Å². The topological polar surface area (TPSA) is 134 Å². The highest BCUT2D eigenvalue weighted by Gasteiger charge is 2.26. The molecule has 2 unspecified atom stereocenters. The van der Waals surface area contributed by atoms with Gasteiger partial charge in [-0.25, -0.2) is 4.57 Å². The number of unbranched alkanes of at least 4 members (excludes halogenated alkanes) is 29. The summed E-state index contributed by atoms with van der Waals surface area (Å²) in [5, 5.41) is 0. The Labute approximate surface area is 523 Å². The van der Waals surface area contributed by atoms with Crippen molar-refractivity contribution >= 4 is 19.8 Å². The molecule has 0 aliphatic carbocycles. The lowest BCUT2D eigenvalue weighted by molar-refractivity contribution is -0.161. The summed E-state index contributed by atoms with van der Waals surface area (Å²) in [5.74, 6) is -0.833. The van der Waals surface area contributed by atoms with Gasteiger partial charge in [0.25, 0.3) is 0 Å². The van der Waals surface area contributed by atoms with Crippen LogP contribution in [0.2, 0.25) is 0 Å². The fourth-order valence-corrected chi connectivity index (χ4v) is 10.2. The van der Waals surface area contributed by atoms with Crippen LogP contribution in [0.3, 0.4) is 0 Å². The molecule has 0 aromatic rings. The third-order valence-corrected chi connectivity index (χ3v) is 15.5. The van der Waals surface area contributed by atoms with Crippen molar-refractivity contribution in [3.63, 3.8) is 0 Å². The number of allylic oxidation sites excluding steroid dienone is 22. The van der Waals surface area contributed by atoms with Crippen LogP contribution in [0.15, 0.2) is 134 Å². The first-order valence-corrected chi connectivity index (χ1v) is 36.2. The molecule has 0 aliphatic rings. The Morgan fingerprint density at radius 1 is 0.365 bits per heavy atom. The maximum Gasteiger partial charge on any atom is 0.472 e. The second-order valence-electron chi connectivity index (χ2n) is 22.7. The van der Waals surface area contributed by atoms with E-state index in [4.69, 9.17) is 24.3 Å². The van der Waals surface area contributed by atoms with Crippen LogP contribution < -0.4 is 5.73 Å². The van der Waals surface area contributed by atoms with Gasteiger partial charge in [0.05, 0.1) is 13.2 Å². The maximum absolute atomic E-state index is 12.8. The van der Waals surface area contributed by atoms with Crippen LogP contribution in [0.1, 0.15) is 296 Å². The lowest BCUT2D eigenvalue weighted by Crippen LogP contribution is -2.29. The Morgan fingerprint density at radius 2 is 0.647 bits per heavy atom. The van der Waals surface area contributed by atoms with Gasteiger partial charge in [0, 0.05) is 19.4 Å². The number of hydrogen-bond acceptors (Lipinski definition) is 8. The smallest absolute Gasteiger partial charge is 0.462 e. The van der Waals surface area contributed by atoms with Gasteiger partial charge in [0.2, 0.25) is 0 Å². The summed E-state index contributed by atoms with van der Waals surface area (Å²) in [7, 11) is -4.40. The molecule has 85 heavy (non-hydrogen) atoms. The predicted molar refractivity (Wildman–Crippen MR) is 367 cm³/mol. The van der Waals surface area contributed by atoms with Crippen molar-refractivity contribution in [3.05, 3.63) is 134 Å². The van der Waals surface area contributed by atoms with Gasteiger partial charge in [-0.15, -0.1) is 0 Å². The number of ether oxygens (including phenoxy) is 2. The van der Waals surface area contributed by atoms with Crippen molar-refractivity contribution in [3.8, 4) is 0 Å². The van der Waals surface area contributed by atoms with E-state index in [-0.39, 0.29) is 38.6 Å². The SMILES string of the molecule is CC/C=C\C/C=C\C/C=C\C/C=C\C/C=C\C/C=C\C/C=C\C/C=C\CCCCCCCCCCCCC(=O)OC(COC(=O)CCCCCCCCCCCCCCCC/C=C\C/C=C\C/C=C\CCCCCCC)COP(=O)(O)OCCN. The Hall–Kier alpha value is -3.85. The molecule has 0 saturated carbocycles. The largest absolute Gasteiger partial charge is 0.472 e. The summed E-state index contributed by atoms with van der Waals surface area (Å²) in [6.07, 6.45) is 98.1. The van der Waals surface area contributed by atoms with Gasteiger partial charge in [-0.3, -0.25) is 18.6 Å². The van der Waals surface area contributed by atoms with Gasteiger partial charge in [0.15, 0.2) is 6.10 Å². The molecule has 0 heterocycles. The Bertz CT molecular complexity index is 1860. The fraction of sp³-hybridized carbons (Fsp3) is 0.680. The molecule has 3 N–H and O–H groups in total. The first-order chi connectivity index (χ1) is 41.8. The van der Waals surface area contributed by atoms with Crippen LogP contribution in [-0.4, -0.2) is 49.3 Å². The van der Waals surface area contributed by atoms with Crippen LogP contribution in [0.4, 0.5) is 0 Å². The highest BCUT2D eigenvalue weighted by molar-refractivity contribution is 7.47. The van der Waals surface area contributed by atoms with Crippen molar-refractivity contribution in [2.75, 3.05) is 26.4 Å². The number of nitrogens with two attached hydrogens (primary N) is 1. The zero-order valence-corrected chi connectivity index (χ0v) is 55.4. The number of esters is 2. The normalized spacial score (nSPS) is 13.8. The molecular formula is C75H128NO8P. The highest BCUT2D eigenvalue weighted by Crippen LogP contribution is 2.43. The van der Waals surface area contributed by atoms with Crippen LogP contribution in [0.5, 0.6) is 0 Å². The van der Waals surface area contributed by atoms with E-state index in [1.165, 1.54) is 154 Å². The summed E-state index contributed by atoms with van der Waals surface area (Å²) in [4.78, 5) is 35.4. The van der Waals surface area contributed by atoms with Crippen molar-refractivity contribution < 1.29 is 37.6 Å². The molecule has 0 fully saturated rings. The maximum atomic E-state index is 12.8. The molecule has 486 valence electrons. The molecule has 0 rings (SSSR count). The number of hydrogen-bond donors (Lipinski definition) is 2. The van der Waals surface area contributed by atoms with Crippen molar-refractivity contribution in [1.29, 1.82) is 0 Å². The molecule has 0 aromatic heterocycles. The minimum atomic E-state index is -4.40. The molecule has 0 bridgehead atoms. The predicted octanol–water partition coefficient (Wildman–Crippen LogP) is 22.9. The summed E-state index contributed by atoms with van der Waals surface area (Å²) < 4.78 is 33.2. The first kappa shape index (κ1) is 81.2. The zero-order chi connectivity index (χ0) is 61.6. The van der Waals surface area contributed by atoms with E-state index >= 15 is 0 Å². The lowest BCUT2D eigenvalue weighted by Gasteiger charge is -2.19. The summed E-state index contributed by atoms with van der Waals surface area (Å²) in [6, 6.07) is 0. The zero-order valence-electron chi connectivity index (χ0n) is 54.5. The number of carbonyl (C=O) groups is 2. The molecule has 10 heteroatoms. The van der Waals surface area contributed by atoms with Gasteiger partial charge in [0.1, 0.15) is 6.61 Å². The monoisotopic (exact) mass is 1200 g/mol. The molecule has 0 aromatic carbocycles. The van der Waals surface area contributed by atoms with E-state index in [9.17, 15) is 19.0 Å². The van der Waals surface area contributed by atoms with Crippen molar-refractivity contribution in [1.82, 2.24) is 0 Å². The van der Waals surface area contributed by atoms with E-state index in [1.807, 2.05) is 0 Å². The number of phosphoric ester groups is 1. The quantitative estimate of drug-likeness (QED) is 0.0264. The molecule has 0 spiro atoms. The summed E-state index contributed by atoms with van der Waals surface area (Å²) in [5.41, 5.74) is 5.40. The molecule has 0 saturated heterocycles. The van der Waals surface area contributed by atoms with E-state index < -0.39 is 26.5 Å². The Kier molecular flexibility index (Phi) is 66.1. The standard InChI is InChI=1S/C75H128NO8P/c1-3-5-7-9-11-13-15-17-19-21-23-25-27-29-31-33-34-35-36-37-38-40-42-44-46-48-50-52-54-56-58-60-62-64-66-68-75(78)84-73(72-83-85(79,80)82-70-69-76)71-81-74(77)67-65-63-61-59-57-55-53-51-49-47-45-43-41-39-32-30-28-26-24-22-20-18-16-14-12-10-8-6-4-2/h5,7,11,13,16-19,22-25,28-31,34-35,37-38,42,44,73H,3-4,6,8-10,12,14-15,20-21,26-27,32-33,36,39-41,43,45-72,76H2,1-2H3,(H,79,80)/b7-5-,13-11-,18-16-,19-17-,24-22-,25-23-,30-28-,31-29-,35-34-,38-37-,44-42-. The molecule has 0 radical (unpaired) electrons. The molecule has 9 nitrogen and oxygen atoms in total. The van der Waals surface area contributed by atoms with Gasteiger partial charge in [-0.1, -0.05) is 302 Å². The van der Waals surface area contributed by atoms with Crippen LogP contribution >= 0.6 is 7.82 Å². The van der Waals surface area contributed by atoms with Gasteiger partial charge in [-0.2, -0.15) is 0 Å². The Balaban J connectivity index is 3.95. The van der Waals surface area contributed by atoms with E-state index in [1.54, 1.807) is 0 Å². The minimum Gasteiger partial charge on any atom is -0.462 e. The number of carbonyl (C=O) groups excluding carboxylic acids is 2. The summed E-state index contributed by atoms with van der Waals surface area (Å²) >= 11 is 0. The number of rotatable bonds is 64. The first-order valence-electron chi connectivity index (χ1n) is 34.7. The van der Waals surface area contributed by atoms with Crippen LogP contribution in [0.25, 0.3) is 0 Å². The lowest BCUT2D eigenvalue weighted by atomic mass is 10.0. The third kappa shape index (κ3) is 69.1. The minimum absolute atomic E-state index is 0.0472. The van der Waals surface area contributed by atoms with Crippen LogP contribution in [0, 0.1) is 0 Å². The molecular weight excluding hydrogens is 1070 g/mol. The highest BCUT2D eigenvalue weighted by atomic mass is 31.2. The van der Waals surface area contributed by atoms with Crippen molar-refractivity contribution in [2.24, 2.45) is 5.73 Å². The average Bonchev–Trinajstić information content (AvgIpc) is 3.52. The van der Waals surface area contributed by atoms with Gasteiger partial charge in [-0.05, 0) is 116 Å². The third-order valence-electron chi connectivity index (χ3n) is 14.5. The van der Waals surface area contributed by atoms with E-state index in [0.717, 1.165) is 109 Å². The molecule has 2 atom stereocenters. The summed E-state index contributed by atoms with van der Waals surface area (Å²) in [6.45, 7) is 3.63. The second kappa shape index (κ2) is 69.3. The van der Waals surface area contributed by atoms with Gasteiger partial charge >= 0.3 is 19.8 Å². The van der Waals surface area contributed by atoms with E-state index in [2.05, 4.69) is 148 Å². The molecule has 0 aliphatic heterocycles. The number of phosphoric acid groups is 1. The fourth-order valence-electron chi connectivity index (χ4n) is 9.43. The van der Waals surface area contributed by atoms with Crippen molar-refractivity contribution in [2.45, 2.75) is 302 Å². The van der Waals surface area contributed by atoms with Crippen LogP contribution in [-0.2, 0) is 32.7 Å². The Morgan fingerprint density at radius 3 is 0.965 bits per heavy atom. The van der Waals surface area contributed by atoms with Gasteiger partial charge < -0.3 is 20.1 Å². The molecule has 0 amide bonds. The second-order valence-corrected chi connectivity index (χ2v) is 24.1.